The van der Waals surface area contributed by atoms with Crippen molar-refractivity contribution < 1.29 is 5.11 Å². The van der Waals surface area contributed by atoms with E-state index in [-0.39, 0.29) is 6.61 Å². The molecule has 1 aliphatic carbocycles. The van der Waals surface area contributed by atoms with E-state index in [1.54, 1.807) is 6.21 Å². The minimum absolute atomic E-state index is 0.0502. The predicted octanol–water partition coefficient (Wildman–Crippen LogP) is 4.01. The minimum Gasteiger partial charge on any atom is -0.391 e. The van der Waals surface area contributed by atoms with Crippen LogP contribution in [0.1, 0.15) is 30.2 Å². The van der Waals surface area contributed by atoms with Crippen LogP contribution in [-0.4, -0.2) is 29.5 Å². The lowest BCUT2D eigenvalue weighted by atomic mass is 9.73. The van der Waals surface area contributed by atoms with Crippen LogP contribution in [0.15, 0.2) is 27.7 Å². The molecule has 3 nitrogen and oxygen atoms in total. The summed E-state index contributed by atoms with van der Waals surface area (Å²) in [5, 5.41) is 9.91. The third-order valence-corrected chi connectivity index (χ3v) is 5.50. The summed E-state index contributed by atoms with van der Waals surface area (Å²) in [6, 6.07) is 6.28. The summed E-state index contributed by atoms with van der Waals surface area (Å²) >= 11 is 5.33. The molecule has 1 saturated carbocycles. The molecule has 3 rings (SSSR count). The molecule has 1 N–H and O–H groups in total. The fourth-order valence-corrected chi connectivity index (χ4v) is 4.32. The highest BCUT2D eigenvalue weighted by molar-refractivity contribution is 9.10. The van der Waals surface area contributed by atoms with Crippen LogP contribution in [0.2, 0.25) is 0 Å². The molecule has 1 heterocycles. The number of benzene rings is 1. The SMILES string of the molecule is OCC=NCC[C@H]1C[C@H](c2nc3ccc(Br)cc3s2)C1. The summed E-state index contributed by atoms with van der Waals surface area (Å²) in [5.41, 5.74) is 1.11. The molecule has 0 aliphatic heterocycles. The van der Waals surface area contributed by atoms with Gasteiger partial charge in [0.25, 0.3) is 0 Å². The Morgan fingerprint density at radius 3 is 3.10 bits per heavy atom. The van der Waals surface area contributed by atoms with Crippen LogP contribution in [0, 0.1) is 5.92 Å². The number of nitrogens with zero attached hydrogens (tertiary/aromatic N) is 2. The van der Waals surface area contributed by atoms with Gasteiger partial charge in [0.2, 0.25) is 0 Å². The van der Waals surface area contributed by atoms with E-state index in [2.05, 4.69) is 39.1 Å². The average Bonchev–Trinajstić information content (AvgIpc) is 2.78. The first-order chi connectivity index (χ1) is 9.76. The topological polar surface area (TPSA) is 45.5 Å². The van der Waals surface area contributed by atoms with Gasteiger partial charge in [-0.1, -0.05) is 15.9 Å². The number of aliphatic imine (C=N–C) groups is 1. The largest absolute Gasteiger partial charge is 0.391 e. The van der Waals surface area contributed by atoms with E-state index in [1.807, 2.05) is 11.3 Å². The van der Waals surface area contributed by atoms with E-state index in [0.717, 1.165) is 28.9 Å². The highest BCUT2D eigenvalue weighted by atomic mass is 79.9. The molecule has 106 valence electrons. The Balaban J connectivity index is 1.57. The van der Waals surface area contributed by atoms with Crippen LogP contribution in [0.4, 0.5) is 0 Å². The van der Waals surface area contributed by atoms with Gasteiger partial charge in [0, 0.05) is 23.1 Å². The van der Waals surface area contributed by atoms with Crippen LogP contribution in [0.5, 0.6) is 0 Å². The zero-order valence-corrected chi connectivity index (χ0v) is 13.5. The van der Waals surface area contributed by atoms with E-state index in [0.29, 0.717) is 5.92 Å². The van der Waals surface area contributed by atoms with Gasteiger partial charge in [-0.2, -0.15) is 0 Å². The lowest BCUT2D eigenvalue weighted by Crippen LogP contribution is -2.22. The summed E-state index contributed by atoms with van der Waals surface area (Å²) in [6.07, 6.45) is 5.18. The van der Waals surface area contributed by atoms with E-state index < -0.39 is 0 Å². The lowest BCUT2D eigenvalue weighted by molar-refractivity contribution is 0.251. The Kier molecular flexibility index (Phi) is 4.48. The summed E-state index contributed by atoms with van der Waals surface area (Å²) in [7, 11) is 0. The smallest absolute Gasteiger partial charge is 0.0969 e. The van der Waals surface area contributed by atoms with Gasteiger partial charge in [-0.3, -0.25) is 4.99 Å². The molecule has 0 bridgehead atoms. The van der Waals surface area contributed by atoms with Gasteiger partial charge in [0.15, 0.2) is 0 Å². The number of hydrogen-bond acceptors (Lipinski definition) is 4. The highest BCUT2D eigenvalue weighted by Gasteiger charge is 2.31. The van der Waals surface area contributed by atoms with Gasteiger partial charge < -0.3 is 5.11 Å². The maximum Gasteiger partial charge on any atom is 0.0969 e. The Morgan fingerprint density at radius 1 is 1.45 bits per heavy atom. The Hall–Kier alpha value is -0.780. The lowest BCUT2D eigenvalue weighted by Gasteiger charge is -2.33. The normalized spacial score (nSPS) is 22.5. The standard InChI is InChI=1S/C15H17BrN2OS/c16-12-1-2-13-14(9-12)20-15(18-13)11-7-10(8-11)3-4-17-5-6-19/h1-2,5,9-11,19H,3-4,6-8H2/t10-,11-. The summed E-state index contributed by atoms with van der Waals surface area (Å²) in [6.45, 7) is 0.888. The number of halogens is 1. The van der Waals surface area contributed by atoms with Crippen molar-refractivity contribution in [2.75, 3.05) is 13.2 Å². The Morgan fingerprint density at radius 2 is 2.30 bits per heavy atom. The first-order valence-electron chi connectivity index (χ1n) is 6.91. The molecule has 0 unspecified atom stereocenters. The van der Waals surface area contributed by atoms with Crippen LogP contribution in [-0.2, 0) is 0 Å². The van der Waals surface area contributed by atoms with Gasteiger partial charge in [0.1, 0.15) is 0 Å². The molecular weight excluding hydrogens is 336 g/mol. The van der Waals surface area contributed by atoms with E-state index >= 15 is 0 Å². The van der Waals surface area contributed by atoms with Gasteiger partial charge in [-0.05, 0) is 43.4 Å². The third kappa shape index (κ3) is 3.10. The molecule has 0 saturated heterocycles. The van der Waals surface area contributed by atoms with Crippen LogP contribution >= 0.6 is 27.3 Å². The minimum atomic E-state index is 0.0502. The molecule has 1 fully saturated rings. The molecule has 0 atom stereocenters. The number of hydrogen-bond donors (Lipinski definition) is 1. The number of aliphatic hydroxyl groups is 1. The fraction of sp³-hybridized carbons (Fsp3) is 0.467. The number of aliphatic hydroxyl groups excluding tert-OH is 1. The molecule has 20 heavy (non-hydrogen) atoms. The Bertz CT molecular complexity index is 619. The second-order valence-electron chi connectivity index (χ2n) is 5.26. The van der Waals surface area contributed by atoms with Gasteiger partial charge >= 0.3 is 0 Å². The van der Waals surface area contributed by atoms with Crippen molar-refractivity contribution in [3.8, 4) is 0 Å². The van der Waals surface area contributed by atoms with Crippen molar-refractivity contribution in [3.05, 3.63) is 27.7 Å². The Labute approximate surface area is 130 Å². The molecule has 1 aromatic carbocycles. The van der Waals surface area contributed by atoms with E-state index in [4.69, 9.17) is 10.1 Å². The van der Waals surface area contributed by atoms with Crippen molar-refractivity contribution in [1.82, 2.24) is 4.98 Å². The molecule has 0 amide bonds. The maximum absolute atomic E-state index is 8.62. The van der Waals surface area contributed by atoms with Crippen LogP contribution < -0.4 is 0 Å². The van der Waals surface area contributed by atoms with Crippen molar-refractivity contribution >= 4 is 43.7 Å². The van der Waals surface area contributed by atoms with Crippen LogP contribution in [0.3, 0.4) is 0 Å². The van der Waals surface area contributed by atoms with E-state index in [1.165, 1.54) is 22.5 Å². The number of thiazole rings is 1. The first kappa shape index (κ1) is 14.2. The number of fused-ring (bicyclic) bond motifs is 1. The fourth-order valence-electron chi connectivity index (χ4n) is 2.67. The first-order valence-corrected chi connectivity index (χ1v) is 8.52. The second-order valence-corrected chi connectivity index (χ2v) is 7.24. The van der Waals surface area contributed by atoms with Gasteiger partial charge in [-0.25, -0.2) is 4.98 Å². The van der Waals surface area contributed by atoms with Gasteiger partial charge in [-0.15, -0.1) is 11.3 Å². The third-order valence-electron chi connectivity index (χ3n) is 3.83. The zero-order chi connectivity index (χ0) is 13.9. The second kappa shape index (κ2) is 6.33. The quantitative estimate of drug-likeness (QED) is 0.826. The molecule has 2 aromatic rings. The number of aromatic nitrogens is 1. The van der Waals surface area contributed by atoms with E-state index in [9.17, 15) is 0 Å². The molecule has 5 heteroatoms. The van der Waals surface area contributed by atoms with Crippen LogP contribution in [0.25, 0.3) is 10.2 Å². The molecule has 1 aromatic heterocycles. The van der Waals surface area contributed by atoms with Crippen molar-refractivity contribution in [2.45, 2.75) is 25.2 Å². The highest BCUT2D eigenvalue weighted by Crippen LogP contribution is 2.45. The number of rotatable bonds is 5. The summed E-state index contributed by atoms with van der Waals surface area (Å²) in [4.78, 5) is 8.92. The van der Waals surface area contributed by atoms with Crippen molar-refractivity contribution in [1.29, 1.82) is 0 Å². The summed E-state index contributed by atoms with van der Waals surface area (Å²) in [5.74, 6) is 1.41. The zero-order valence-electron chi connectivity index (χ0n) is 11.1. The van der Waals surface area contributed by atoms with Crippen molar-refractivity contribution in [3.63, 3.8) is 0 Å². The molecule has 0 spiro atoms. The predicted molar refractivity (Wildman–Crippen MR) is 87.8 cm³/mol. The average molecular weight is 353 g/mol. The van der Waals surface area contributed by atoms with Gasteiger partial charge in [0.05, 0.1) is 21.8 Å². The summed E-state index contributed by atoms with van der Waals surface area (Å²) < 4.78 is 2.39. The molecular formula is C15H17BrN2OS. The molecule has 1 aliphatic rings. The maximum atomic E-state index is 8.62. The monoisotopic (exact) mass is 352 g/mol. The molecule has 0 radical (unpaired) electrons. The van der Waals surface area contributed by atoms with Crippen molar-refractivity contribution in [2.24, 2.45) is 10.9 Å².